The van der Waals surface area contributed by atoms with Crippen molar-refractivity contribution in [1.82, 2.24) is 14.5 Å². The smallest absolute Gasteiger partial charge is 0.322 e. The van der Waals surface area contributed by atoms with Crippen LogP contribution in [0.2, 0.25) is 0 Å². The zero-order valence-corrected chi connectivity index (χ0v) is 21.2. The second-order valence-corrected chi connectivity index (χ2v) is 8.75. The molecule has 0 bridgehead atoms. The predicted molar refractivity (Wildman–Crippen MR) is 144 cm³/mol. The topological polar surface area (TPSA) is 76.5 Å². The van der Waals surface area contributed by atoms with Crippen molar-refractivity contribution >= 4 is 22.6 Å². The number of rotatable bonds is 8. The van der Waals surface area contributed by atoms with Crippen LogP contribution in [0.15, 0.2) is 77.6 Å². The molecule has 0 fully saturated rings. The molecule has 36 heavy (non-hydrogen) atoms. The van der Waals surface area contributed by atoms with Gasteiger partial charge in [-0.05, 0) is 61.7 Å². The molecule has 3 aromatic carbocycles. The molecule has 0 spiro atoms. The van der Waals surface area contributed by atoms with E-state index in [4.69, 9.17) is 9.72 Å². The van der Waals surface area contributed by atoms with Crippen molar-refractivity contribution in [2.75, 3.05) is 25.6 Å². The number of nitrogens with zero attached hydrogens (tertiary/aromatic N) is 3. The van der Waals surface area contributed by atoms with Crippen LogP contribution in [0.25, 0.3) is 16.6 Å². The highest BCUT2D eigenvalue weighted by atomic mass is 16.5. The number of carbonyl (C=O) groups is 1. The van der Waals surface area contributed by atoms with Crippen LogP contribution >= 0.6 is 0 Å². The number of carbonyl (C=O) groups excluding carboxylic acids is 1. The van der Waals surface area contributed by atoms with E-state index in [1.54, 1.807) is 22.6 Å². The Balaban J connectivity index is 1.83. The van der Waals surface area contributed by atoms with Crippen LogP contribution in [-0.2, 0) is 11.2 Å². The number of benzene rings is 3. The van der Waals surface area contributed by atoms with Gasteiger partial charge in [-0.3, -0.25) is 9.36 Å². The van der Waals surface area contributed by atoms with Crippen molar-refractivity contribution in [1.29, 1.82) is 0 Å². The molecular formula is C29H32N4O3. The molecule has 0 aliphatic carbocycles. The van der Waals surface area contributed by atoms with Crippen molar-refractivity contribution < 1.29 is 9.53 Å². The van der Waals surface area contributed by atoms with Gasteiger partial charge in [0.05, 0.1) is 29.2 Å². The summed E-state index contributed by atoms with van der Waals surface area (Å²) in [7, 11) is 1.60. The summed E-state index contributed by atoms with van der Waals surface area (Å²) in [5.41, 5.74) is 4.00. The van der Waals surface area contributed by atoms with Crippen LogP contribution in [0.5, 0.6) is 0 Å². The first-order chi connectivity index (χ1) is 17.4. The van der Waals surface area contributed by atoms with Gasteiger partial charge < -0.3 is 15.0 Å². The van der Waals surface area contributed by atoms with Crippen LogP contribution in [0.4, 0.5) is 10.5 Å². The molecular weight excluding hydrogens is 452 g/mol. The molecule has 2 amide bonds. The summed E-state index contributed by atoms with van der Waals surface area (Å²) in [4.78, 5) is 33.8. The van der Waals surface area contributed by atoms with Gasteiger partial charge in [-0.15, -0.1) is 0 Å². The Morgan fingerprint density at radius 3 is 2.44 bits per heavy atom. The van der Waals surface area contributed by atoms with E-state index >= 15 is 0 Å². The Morgan fingerprint density at radius 2 is 1.75 bits per heavy atom. The molecule has 1 N–H and O–H groups in total. The molecule has 4 aromatic rings. The first kappa shape index (κ1) is 25.1. The fraction of sp³-hybridized carbons (Fsp3) is 0.276. The van der Waals surface area contributed by atoms with Gasteiger partial charge in [0.15, 0.2) is 0 Å². The van der Waals surface area contributed by atoms with E-state index in [2.05, 4.69) is 12.2 Å². The number of ether oxygens (including phenoxy) is 1. The van der Waals surface area contributed by atoms with Gasteiger partial charge in [-0.1, -0.05) is 49.4 Å². The molecule has 0 saturated carbocycles. The maximum absolute atomic E-state index is 13.7. The Kier molecular flexibility index (Phi) is 7.80. The van der Waals surface area contributed by atoms with Crippen molar-refractivity contribution in [2.45, 2.75) is 33.2 Å². The Labute approximate surface area is 211 Å². The average molecular weight is 485 g/mol. The summed E-state index contributed by atoms with van der Waals surface area (Å²) >= 11 is 0. The standard InChI is InChI=1S/C29H32N4O3/c1-5-22-14-16-23(17-15-22)33-27(30-26-13-9-7-11-24(26)28(33)34)21(3)32(18-19-36-4)29(35)31-25-12-8-6-10-20(25)2/h6-17,21H,5,18-19H2,1-4H3,(H,31,35). The van der Waals surface area contributed by atoms with E-state index in [0.717, 1.165) is 17.7 Å². The number of nitrogens with one attached hydrogen (secondary N) is 1. The zero-order chi connectivity index (χ0) is 25.7. The second kappa shape index (κ2) is 11.2. The van der Waals surface area contributed by atoms with Crippen molar-refractivity contribution in [3.8, 4) is 5.69 Å². The predicted octanol–water partition coefficient (Wildman–Crippen LogP) is 5.50. The number of amides is 2. The van der Waals surface area contributed by atoms with Crippen LogP contribution < -0.4 is 10.9 Å². The molecule has 7 nitrogen and oxygen atoms in total. The Morgan fingerprint density at radius 1 is 1.06 bits per heavy atom. The highest BCUT2D eigenvalue weighted by Crippen LogP contribution is 2.24. The van der Waals surface area contributed by atoms with Crippen LogP contribution in [0, 0.1) is 6.92 Å². The SMILES string of the molecule is CCc1ccc(-n2c(C(C)N(CCOC)C(=O)Nc3ccccc3C)nc3ccccc3c2=O)cc1. The number of aryl methyl sites for hydroxylation is 2. The summed E-state index contributed by atoms with van der Waals surface area (Å²) in [6, 6.07) is 22.0. The highest BCUT2D eigenvalue weighted by Gasteiger charge is 2.27. The average Bonchev–Trinajstić information content (AvgIpc) is 2.90. The largest absolute Gasteiger partial charge is 0.383 e. The van der Waals surface area contributed by atoms with E-state index < -0.39 is 6.04 Å². The monoisotopic (exact) mass is 484 g/mol. The van der Waals surface area contributed by atoms with Gasteiger partial charge in [0.2, 0.25) is 0 Å². The van der Waals surface area contributed by atoms with Gasteiger partial charge in [0.25, 0.3) is 5.56 Å². The van der Waals surface area contributed by atoms with Gasteiger partial charge in [-0.25, -0.2) is 9.78 Å². The number of fused-ring (bicyclic) bond motifs is 1. The van der Waals surface area contributed by atoms with E-state index in [0.29, 0.717) is 35.6 Å². The van der Waals surface area contributed by atoms with Gasteiger partial charge >= 0.3 is 6.03 Å². The minimum absolute atomic E-state index is 0.169. The van der Waals surface area contributed by atoms with Crippen molar-refractivity contribution in [2.24, 2.45) is 0 Å². The second-order valence-electron chi connectivity index (χ2n) is 8.75. The fourth-order valence-corrected chi connectivity index (χ4v) is 4.26. The summed E-state index contributed by atoms with van der Waals surface area (Å²) in [5, 5.41) is 3.54. The Hall–Kier alpha value is -3.97. The highest BCUT2D eigenvalue weighted by molar-refractivity contribution is 5.90. The zero-order valence-electron chi connectivity index (χ0n) is 21.2. The number of para-hydroxylation sites is 2. The number of aromatic nitrogens is 2. The quantitative estimate of drug-likeness (QED) is 0.358. The number of hydrogen-bond acceptors (Lipinski definition) is 4. The van der Waals surface area contributed by atoms with Gasteiger partial charge in [-0.2, -0.15) is 0 Å². The molecule has 1 atom stereocenters. The molecule has 1 heterocycles. The molecule has 0 aliphatic rings. The summed E-state index contributed by atoms with van der Waals surface area (Å²) in [6.45, 7) is 6.59. The molecule has 1 unspecified atom stereocenters. The third kappa shape index (κ3) is 5.16. The third-order valence-corrected chi connectivity index (χ3v) is 6.43. The van der Waals surface area contributed by atoms with E-state index in [-0.39, 0.29) is 11.6 Å². The van der Waals surface area contributed by atoms with E-state index in [9.17, 15) is 9.59 Å². The van der Waals surface area contributed by atoms with Gasteiger partial charge in [0, 0.05) is 19.3 Å². The third-order valence-electron chi connectivity index (χ3n) is 6.43. The summed E-state index contributed by atoms with van der Waals surface area (Å²) in [5.74, 6) is 0.485. The Bertz CT molecular complexity index is 1410. The molecule has 0 saturated heterocycles. The normalized spacial score (nSPS) is 11.9. The lowest BCUT2D eigenvalue weighted by Crippen LogP contribution is -2.41. The molecule has 1 aromatic heterocycles. The maximum Gasteiger partial charge on any atom is 0.322 e. The molecule has 186 valence electrons. The lowest BCUT2D eigenvalue weighted by Gasteiger charge is -2.30. The van der Waals surface area contributed by atoms with E-state index in [1.807, 2.05) is 80.6 Å². The first-order valence-electron chi connectivity index (χ1n) is 12.2. The van der Waals surface area contributed by atoms with Crippen molar-refractivity contribution in [3.05, 3.63) is 100 Å². The lowest BCUT2D eigenvalue weighted by atomic mass is 10.1. The molecule has 0 radical (unpaired) electrons. The van der Waals surface area contributed by atoms with Crippen LogP contribution in [-0.4, -0.2) is 40.7 Å². The molecule has 7 heteroatoms. The number of methoxy groups -OCH3 is 1. The summed E-state index contributed by atoms with van der Waals surface area (Å²) < 4.78 is 6.92. The van der Waals surface area contributed by atoms with Gasteiger partial charge in [0.1, 0.15) is 5.82 Å². The number of hydrogen-bond donors (Lipinski definition) is 1. The van der Waals surface area contributed by atoms with Crippen molar-refractivity contribution in [3.63, 3.8) is 0 Å². The first-order valence-corrected chi connectivity index (χ1v) is 12.2. The minimum atomic E-state index is -0.521. The summed E-state index contributed by atoms with van der Waals surface area (Å²) in [6.07, 6.45) is 0.901. The van der Waals surface area contributed by atoms with E-state index in [1.165, 1.54) is 5.56 Å². The minimum Gasteiger partial charge on any atom is -0.383 e. The molecule has 4 rings (SSSR count). The number of anilines is 1. The van der Waals surface area contributed by atoms with Crippen LogP contribution in [0.3, 0.4) is 0 Å². The lowest BCUT2D eigenvalue weighted by molar-refractivity contribution is 0.137. The number of urea groups is 1. The molecule has 0 aliphatic heterocycles. The fourth-order valence-electron chi connectivity index (χ4n) is 4.26. The van der Waals surface area contributed by atoms with Crippen LogP contribution in [0.1, 0.15) is 36.8 Å². The maximum atomic E-state index is 13.7.